The van der Waals surface area contributed by atoms with Gasteiger partial charge in [-0.05, 0) is 33.8 Å². The van der Waals surface area contributed by atoms with E-state index >= 15 is 0 Å². The Morgan fingerprint density at radius 2 is 2.04 bits per heavy atom. The molecule has 2 rings (SSSR count). The Hall–Kier alpha value is -1.59. The van der Waals surface area contributed by atoms with Crippen molar-refractivity contribution in [2.45, 2.75) is 45.4 Å². The Balaban J connectivity index is 2.00. The molecule has 1 heterocycles. The average Bonchev–Trinajstić information content (AvgIpc) is 2.52. The van der Waals surface area contributed by atoms with Crippen LogP contribution in [0.5, 0.6) is 5.75 Å². The molecule has 1 amide bonds. The molecule has 1 aliphatic rings. The van der Waals surface area contributed by atoms with Crippen LogP contribution in [0.15, 0.2) is 24.3 Å². The van der Waals surface area contributed by atoms with Crippen molar-refractivity contribution < 1.29 is 14.3 Å². The Morgan fingerprint density at radius 1 is 1.35 bits per heavy atom. The first-order chi connectivity index (χ1) is 10.8. The van der Waals surface area contributed by atoms with Crippen molar-refractivity contribution in [3.63, 3.8) is 0 Å². The minimum Gasteiger partial charge on any atom is -0.496 e. The fourth-order valence-electron chi connectivity index (χ4n) is 2.99. The first kappa shape index (κ1) is 17.8. The number of benzene rings is 1. The molecule has 1 aromatic carbocycles. The Morgan fingerprint density at radius 3 is 2.70 bits per heavy atom. The second-order valence-electron chi connectivity index (χ2n) is 6.73. The molecule has 0 spiro atoms. The molecule has 1 aromatic rings. The van der Waals surface area contributed by atoms with Gasteiger partial charge in [-0.2, -0.15) is 0 Å². The van der Waals surface area contributed by atoms with Crippen LogP contribution in [0.1, 0.15) is 39.3 Å². The third kappa shape index (κ3) is 4.45. The molecular weight excluding hydrogens is 292 g/mol. The first-order valence-corrected chi connectivity index (χ1v) is 8.15. The summed E-state index contributed by atoms with van der Waals surface area (Å²) in [5.74, 6) is 0.821. The summed E-state index contributed by atoms with van der Waals surface area (Å²) in [4.78, 5) is 14.8. The molecule has 1 N–H and O–H groups in total. The Bertz CT molecular complexity index is 545. The van der Waals surface area contributed by atoms with Crippen molar-refractivity contribution >= 4 is 5.91 Å². The molecule has 2 atom stereocenters. The van der Waals surface area contributed by atoms with Crippen molar-refractivity contribution in [2.24, 2.45) is 0 Å². The molecular formula is C18H28N2O3. The number of para-hydroxylation sites is 1. The largest absolute Gasteiger partial charge is 0.496 e. The second-order valence-corrected chi connectivity index (χ2v) is 6.73. The highest BCUT2D eigenvalue weighted by Gasteiger charge is 2.32. The van der Waals surface area contributed by atoms with Crippen molar-refractivity contribution in [3.8, 4) is 5.75 Å². The summed E-state index contributed by atoms with van der Waals surface area (Å²) in [6.45, 7) is 10.2. The average molecular weight is 320 g/mol. The van der Waals surface area contributed by atoms with E-state index in [0.29, 0.717) is 6.61 Å². The van der Waals surface area contributed by atoms with Gasteiger partial charge < -0.3 is 14.8 Å². The quantitative estimate of drug-likeness (QED) is 0.905. The van der Waals surface area contributed by atoms with Gasteiger partial charge >= 0.3 is 0 Å². The van der Waals surface area contributed by atoms with E-state index < -0.39 is 0 Å². The molecule has 0 aromatic heterocycles. The summed E-state index contributed by atoms with van der Waals surface area (Å²) in [5, 5.41) is 3.09. The molecule has 0 bridgehead atoms. The number of nitrogens with one attached hydrogen (secondary N) is 1. The molecule has 1 fully saturated rings. The van der Waals surface area contributed by atoms with Crippen molar-refractivity contribution in [3.05, 3.63) is 29.8 Å². The zero-order valence-corrected chi connectivity index (χ0v) is 14.8. The highest BCUT2D eigenvalue weighted by Crippen LogP contribution is 2.25. The standard InChI is InChI=1S/C18H28N2O3/c1-13(15-8-6-7-9-16(15)22-5)19-17(21)14(2)20-10-11-23-18(3,4)12-20/h6-9,13-14H,10-12H2,1-5H3,(H,19,21). The van der Waals surface area contributed by atoms with Gasteiger partial charge in [-0.15, -0.1) is 0 Å². The predicted octanol–water partition coefficient (Wildman–Crippen LogP) is 2.37. The monoisotopic (exact) mass is 320 g/mol. The van der Waals surface area contributed by atoms with E-state index in [9.17, 15) is 4.79 Å². The molecule has 0 aliphatic carbocycles. The number of carbonyl (C=O) groups excluding carboxylic acids is 1. The SMILES string of the molecule is COc1ccccc1C(C)NC(=O)C(C)N1CCOC(C)(C)C1. The maximum atomic E-state index is 12.6. The molecule has 0 radical (unpaired) electrons. The fraction of sp³-hybridized carbons (Fsp3) is 0.611. The van der Waals surface area contributed by atoms with Gasteiger partial charge in [0.05, 0.1) is 31.4 Å². The minimum atomic E-state index is -0.207. The van der Waals surface area contributed by atoms with Crippen LogP contribution in [0.4, 0.5) is 0 Å². The number of rotatable bonds is 5. The summed E-state index contributed by atoms with van der Waals surface area (Å²) in [7, 11) is 1.64. The minimum absolute atomic E-state index is 0.0288. The molecule has 23 heavy (non-hydrogen) atoms. The number of hydrogen-bond donors (Lipinski definition) is 1. The van der Waals surface area contributed by atoms with Gasteiger partial charge in [0.1, 0.15) is 5.75 Å². The van der Waals surface area contributed by atoms with Gasteiger partial charge in [-0.1, -0.05) is 18.2 Å². The summed E-state index contributed by atoms with van der Waals surface area (Å²) < 4.78 is 11.1. The zero-order valence-electron chi connectivity index (χ0n) is 14.8. The Labute approximate surface area is 139 Å². The highest BCUT2D eigenvalue weighted by atomic mass is 16.5. The van der Waals surface area contributed by atoms with Crippen LogP contribution in [0, 0.1) is 0 Å². The molecule has 5 heteroatoms. The van der Waals surface area contributed by atoms with E-state index in [2.05, 4.69) is 24.1 Å². The van der Waals surface area contributed by atoms with Crippen molar-refractivity contribution in [1.82, 2.24) is 10.2 Å². The van der Waals surface area contributed by atoms with Crippen LogP contribution >= 0.6 is 0 Å². The molecule has 0 saturated carbocycles. The summed E-state index contributed by atoms with van der Waals surface area (Å²) in [6, 6.07) is 7.48. The first-order valence-electron chi connectivity index (χ1n) is 8.15. The van der Waals surface area contributed by atoms with Gasteiger partial charge in [0.15, 0.2) is 0 Å². The van der Waals surface area contributed by atoms with Gasteiger partial charge in [-0.3, -0.25) is 9.69 Å². The van der Waals surface area contributed by atoms with Crippen LogP contribution in [0.25, 0.3) is 0 Å². The van der Waals surface area contributed by atoms with E-state index in [1.165, 1.54) is 0 Å². The number of morpholine rings is 1. The third-order valence-corrected chi connectivity index (χ3v) is 4.35. The number of carbonyl (C=O) groups is 1. The number of methoxy groups -OCH3 is 1. The predicted molar refractivity (Wildman–Crippen MR) is 90.6 cm³/mol. The normalized spacial score (nSPS) is 20.6. The maximum absolute atomic E-state index is 12.6. The highest BCUT2D eigenvalue weighted by molar-refractivity contribution is 5.81. The molecule has 1 saturated heterocycles. The number of nitrogens with zero attached hydrogens (tertiary/aromatic N) is 1. The number of amides is 1. The lowest BCUT2D eigenvalue weighted by molar-refractivity contribution is -0.134. The lowest BCUT2D eigenvalue weighted by Gasteiger charge is -2.40. The summed E-state index contributed by atoms with van der Waals surface area (Å²) >= 11 is 0. The number of hydrogen-bond acceptors (Lipinski definition) is 4. The topological polar surface area (TPSA) is 50.8 Å². The van der Waals surface area contributed by atoms with Gasteiger partial charge in [0.25, 0.3) is 0 Å². The molecule has 5 nitrogen and oxygen atoms in total. The number of ether oxygens (including phenoxy) is 2. The third-order valence-electron chi connectivity index (χ3n) is 4.35. The smallest absolute Gasteiger partial charge is 0.237 e. The molecule has 128 valence electrons. The van der Waals surface area contributed by atoms with Crippen LogP contribution in [-0.4, -0.2) is 49.3 Å². The van der Waals surface area contributed by atoms with Gasteiger partial charge in [0, 0.05) is 18.7 Å². The Kier molecular flexibility index (Phi) is 5.65. The van der Waals surface area contributed by atoms with E-state index in [4.69, 9.17) is 9.47 Å². The van der Waals surface area contributed by atoms with E-state index in [1.807, 2.05) is 38.1 Å². The van der Waals surface area contributed by atoms with Gasteiger partial charge in [0.2, 0.25) is 5.91 Å². The fourth-order valence-corrected chi connectivity index (χ4v) is 2.99. The van der Waals surface area contributed by atoms with Crippen LogP contribution in [-0.2, 0) is 9.53 Å². The summed E-state index contributed by atoms with van der Waals surface area (Å²) in [6.07, 6.45) is 0. The summed E-state index contributed by atoms with van der Waals surface area (Å²) in [5.41, 5.74) is 0.777. The van der Waals surface area contributed by atoms with Crippen LogP contribution in [0.3, 0.4) is 0 Å². The molecule has 2 unspecified atom stereocenters. The van der Waals surface area contributed by atoms with Crippen LogP contribution < -0.4 is 10.1 Å². The van der Waals surface area contributed by atoms with E-state index in [-0.39, 0.29) is 23.6 Å². The van der Waals surface area contributed by atoms with Crippen molar-refractivity contribution in [1.29, 1.82) is 0 Å². The van der Waals surface area contributed by atoms with E-state index in [0.717, 1.165) is 24.4 Å². The molecule has 1 aliphatic heterocycles. The zero-order chi connectivity index (χ0) is 17.0. The van der Waals surface area contributed by atoms with Crippen LogP contribution in [0.2, 0.25) is 0 Å². The lowest BCUT2D eigenvalue weighted by atomic mass is 10.0. The lowest BCUT2D eigenvalue weighted by Crippen LogP contribution is -2.55. The maximum Gasteiger partial charge on any atom is 0.237 e. The van der Waals surface area contributed by atoms with Crippen molar-refractivity contribution in [2.75, 3.05) is 26.8 Å². The van der Waals surface area contributed by atoms with E-state index in [1.54, 1.807) is 7.11 Å². The second kappa shape index (κ2) is 7.32. The van der Waals surface area contributed by atoms with Gasteiger partial charge in [-0.25, -0.2) is 0 Å².